The Kier molecular flexibility index (Phi) is 6.51. The highest BCUT2D eigenvalue weighted by Crippen LogP contribution is 2.21. The smallest absolute Gasteiger partial charge is 0.343 e. The maximum atomic E-state index is 12.4. The third kappa shape index (κ3) is 4.55. The number of hydrogen-bond acceptors (Lipinski definition) is 4. The molecule has 0 radical (unpaired) electrons. The SMILES string of the molecule is CCn1c(CC2CCN(C(=O)CCCN3CCCC3)CC2)nn(C)c1=O. The molecule has 0 saturated carbocycles. The molecule has 1 aromatic heterocycles. The Labute approximate surface area is 156 Å². The van der Waals surface area contributed by atoms with E-state index < -0.39 is 0 Å². The maximum absolute atomic E-state index is 12.4. The summed E-state index contributed by atoms with van der Waals surface area (Å²) < 4.78 is 3.19. The number of aryl methyl sites for hydroxylation is 1. The Morgan fingerprint density at radius 1 is 1.15 bits per heavy atom. The third-order valence-corrected chi connectivity index (χ3v) is 5.90. The maximum Gasteiger partial charge on any atom is 0.345 e. The van der Waals surface area contributed by atoms with Crippen LogP contribution in [-0.4, -0.2) is 62.8 Å². The molecule has 0 aliphatic carbocycles. The lowest BCUT2D eigenvalue weighted by Crippen LogP contribution is -2.39. The van der Waals surface area contributed by atoms with Crippen LogP contribution >= 0.6 is 0 Å². The summed E-state index contributed by atoms with van der Waals surface area (Å²) >= 11 is 0. The van der Waals surface area contributed by atoms with Crippen molar-refractivity contribution in [2.45, 2.75) is 58.4 Å². The molecule has 0 aromatic carbocycles. The van der Waals surface area contributed by atoms with Gasteiger partial charge in [-0.15, -0.1) is 0 Å². The molecule has 0 bridgehead atoms. The summed E-state index contributed by atoms with van der Waals surface area (Å²) in [4.78, 5) is 28.9. The molecule has 2 aliphatic heterocycles. The summed E-state index contributed by atoms with van der Waals surface area (Å²) in [6, 6.07) is 0. The van der Waals surface area contributed by atoms with Gasteiger partial charge in [0.2, 0.25) is 5.91 Å². The van der Waals surface area contributed by atoms with E-state index in [0.717, 1.165) is 51.1 Å². The van der Waals surface area contributed by atoms with E-state index in [0.29, 0.717) is 24.8 Å². The van der Waals surface area contributed by atoms with Crippen LogP contribution in [0.3, 0.4) is 0 Å². The number of aromatic nitrogens is 3. The average Bonchev–Trinajstić information content (AvgIpc) is 3.24. The predicted molar refractivity (Wildman–Crippen MR) is 101 cm³/mol. The molecule has 146 valence electrons. The van der Waals surface area contributed by atoms with E-state index in [1.165, 1.54) is 30.6 Å². The van der Waals surface area contributed by atoms with Crippen LogP contribution in [-0.2, 0) is 24.8 Å². The summed E-state index contributed by atoms with van der Waals surface area (Å²) in [7, 11) is 1.71. The monoisotopic (exact) mass is 363 g/mol. The molecule has 0 atom stereocenters. The van der Waals surface area contributed by atoms with Gasteiger partial charge in [0.15, 0.2) is 0 Å². The van der Waals surface area contributed by atoms with Gasteiger partial charge < -0.3 is 9.80 Å². The molecule has 1 amide bonds. The minimum Gasteiger partial charge on any atom is -0.343 e. The minimum atomic E-state index is -0.0342. The fourth-order valence-electron chi connectivity index (χ4n) is 4.29. The Morgan fingerprint density at radius 2 is 1.85 bits per heavy atom. The van der Waals surface area contributed by atoms with E-state index >= 15 is 0 Å². The first-order valence-electron chi connectivity index (χ1n) is 10.2. The number of hydrogen-bond donors (Lipinski definition) is 0. The van der Waals surface area contributed by atoms with Gasteiger partial charge in [0.25, 0.3) is 0 Å². The Balaban J connectivity index is 1.41. The lowest BCUT2D eigenvalue weighted by Gasteiger charge is -2.32. The van der Waals surface area contributed by atoms with Crippen molar-refractivity contribution in [2.75, 3.05) is 32.7 Å². The predicted octanol–water partition coefficient (Wildman–Crippen LogP) is 1.26. The van der Waals surface area contributed by atoms with Crippen molar-refractivity contribution in [3.05, 3.63) is 16.3 Å². The lowest BCUT2D eigenvalue weighted by atomic mass is 9.93. The average molecular weight is 364 g/mol. The van der Waals surface area contributed by atoms with Crippen LogP contribution in [0.15, 0.2) is 4.79 Å². The topological polar surface area (TPSA) is 63.4 Å². The van der Waals surface area contributed by atoms with Gasteiger partial charge in [-0.1, -0.05) is 0 Å². The normalized spacial score (nSPS) is 19.4. The molecule has 2 fully saturated rings. The Bertz CT molecular complexity index is 651. The second kappa shape index (κ2) is 8.84. The second-order valence-electron chi connectivity index (χ2n) is 7.75. The standard InChI is InChI=1S/C19H33N5O2/c1-3-24-17(20-21(2)19(24)26)15-16-8-13-23(14-9-16)18(25)7-6-12-22-10-4-5-11-22/h16H,3-15H2,1-2H3. The van der Waals surface area contributed by atoms with Crippen LogP contribution in [0, 0.1) is 5.92 Å². The van der Waals surface area contributed by atoms with E-state index in [1.54, 1.807) is 11.6 Å². The lowest BCUT2D eigenvalue weighted by molar-refractivity contribution is -0.132. The summed E-state index contributed by atoms with van der Waals surface area (Å²) in [5.41, 5.74) is -0.0342. The largest absolute Gasteiger partial charge is 0.345 e. The molecule has 0 N–H and O–H groups in total. The summed E-state index contributed by atoms with van der Waals surface area (Å²) in [5.74, 6) is 1.71. The van der Waals surface area contributed by atoms with Crippen molar-refractivity contribution in [1.29, 1.82) is 0 Å². The first-order valence-corrected chi connectivity index (χ1v) is 10.2. The molecule has 0 spiro atoms. The molecule has 3 rings (SSSR count). The van der Waals surface area contributed by atoms with Crippen molar-refractivity contribution < 1.29 is 4.79 Å². The van der Waals surface area contributed by atoms with Crippen LogP contribution in [0.2, 0.25) is 0 Å². The van der Waals surface area contributed by atoms with E-state index in [4.69, 9.17) is 0 Å². The van der Waals surface area contributed by atoms with Crippen LogP contribution < -0.4 is 5.69 Å². The fraction of sp³-hybridized carbons (Fsp3) is 0.842. The van der Waals surface area contributed by atoms with Crippen molar-refractivity contribution >= 4 is 5.91 Å². The van der Waals surface area contributed by atoms with Crippen molar-refractivity contribution in [1.82, 2.24) is 24.1 Å². The molecule has 3 heterocycles. The Morgan fingerprint density at radius 3 is 2.50 bits per heavy atom. The molecule has 7 heteroatoms. The number of carbonyl (C=O) groups is 1. The van der Waals surface area contributed by atoms with Crippen LogP contribution in [0.5, 0.6) is 0 Å². The van der Waals surface area contributed by atoms with Crippen molar-refractivity contribution in [3.63, 3.8) is 0 Å². The highest BCUT2D eigenvalue weighted by molar-refractivity contribution is 5.76. The minimum absolute atomic E-state index is 0.0342. The number of piperidine rings is 1. The zero-order valence-corrected chi connectivity index (χ0v) is 16.3. The van der Waals surface area contributed by atoms with Crippen molar-refractivity contribution in [2.24, 2.45) is 13.0 Å². The van der Waals surface area contributed by atoms with Gasteiger partial charge in [-0.2, -0.15) is 5.10 Å². The van der Waals surface area contributed by atoms with Gasteiger partial charge in [-0.25, -0.2) is 9.48 Å². The van der Waals surface area contributed by atoms with E-state index in [9.17, 15) is 9.59 Å². The molecule has 26 heavy (non-hydrogen) atoms. The van der Waals surface area contributed by atoms with Gasteiger partial charge in [0.1, 0.15) is 5.82 Å². The zero-order chi connectivity index (χ0) is 18.5. The summed E-state index contributed by atoms with van der Waals surface area (Å²) in [6.45, 7) is 7.81. The van der Waals surface area contributed by atoms with Crippen LogP contribution in [0.25, 0.3) is 0 Å². The number of carbonyl (C=O) groups excluding carboxylic acids is 1. The van der Waals surface area contributed by atoms with Crippen LogP contribution in [0.4, 0.5) is 0 Å². The molecular formula is C19H33N5O2. The van der Waals surface area contributed by atoms with E-state index in [-0.39, 0.29) is 5.69 Å². The highest BCUT2D eigenvalue weighted by atomic mass is 16.2. The molecule has 0 unspecified atom stereocenters. The van der Waals surface area contributed by atoms with Gasteiger partial charge in [-0.05, 0) is 64.6 Å². The molecule has 2 aliphatic rings. The first-order chi connectivity index (χ1) is 12.6. The first kappa shape index (κ1) is 19.1. The Hall–Kier alpha value is -1.63. The molecular weight excluding hydrogens is 330 g/mol. The van der Waals surface area contributed by atoms with Crippen molar-refractivity contribution in [3.8, 4) is 0 Å². The van der Waals surface area contributed by atoms with Gasteiger partial charge in [0.05, 0.1) is 0 Å². The third-order valence-electron chi connectivity index (χ3n) is 5.90. The number of nitrogens with zero attached hydrogens (tertiary/aromatic N) is 5. The van der Waals surface area contributed by atoms with E-state index in [2.05, 4.69) is 10.00 Å². The van der Waals surface area contributed by atoms with Gasteiger partial charge in [0, 0.05) is 39.5 Å². The summed E-state index contributed by atoms with van der Waals surface area (Å²) in [6.07, 6.45) is 7.12. The van der Waals surface area contributed by atoms with Crippen LogP contribution in [0.1, 0.15) is 51.3 Å². The number of rotatable bonds is 7. The summed E-state index contributed by atoms with van der Waals surface area (Å²) in [5, 5.41) is 4.39. The second-order valence-corrected chi connectivity index (χ2v) is 7.75. The molecule has 1 aromatic rings. The quantitative estimate of drug-likeness (QED) is 0.732. The molecule has 7 nitrogen and oxygen atoms in total. The highest BCUT2D eigenvalue weighted by Gasteiger charge is 2.24. The van der Waals surface area contributed by atoms with E-state index in [1.807, 2.05) is 11.8 Å². The number of amides is 1. The van der Waals surface area contributed by atoms with Gasteiger partial charge in [-0.3, -0.25) is 9.36 Å². The van der Waals surface area contributed by atoms with Gasteiger partial charge >= 0.3 is 5.69 Å². The number of likely N-dealkylation sites (tertiary alicyclic amines) is 2. The zero-order valence-electron chi connectivity index (χ0n) is 16.3. The fourth-order valence-corrected chi connectivity index (χ4v) is 4.29. The molecule has 2 saturated heterocycles.